The van der Waals surface area contributed by atoms with Gasteiger partial charge in [-0.25, -0.2) is 0 Å². The fourth-order valence-electron chi connectivity index (χ4n) is 1.87. The molecule has 1 heterocycles. The van der Waals surface area contributed by atoms with E-state index in [1.807, 2.05) is 11.4 Å². The van der Waals surface area contributed by atoms with E-state index in [0.717, 1.165) is 12.5 Å². The molecule has 88 valence electrons. The summed E-state index contributed by atoms with van der Waals surface area (Å²) in [7, 11) is 0. The van der Waals surface area contributed by atoms with Gasteiger partial charge in [0.25, 0.3) is 0 Å². The van der Waals surface area contributed by atoms with Crippen molar-refractivity contribution in [3.05, 3.63) is 22.4 Å². The maximum atomic E-state index is 10.8. The minimum absolute atomic E-state index is 0.148. The Morgan fingerprint density at radius 3 is 2.94 bits per heavy atom. The summed E-state index contributed by atoms with van der Waals surface area (Å²) in [4.78, 5) is 14.2. The quantitative estimate of drug-likeness (QED) is 0.829. The van der Waals surface area contributed by atoms with Crippen molar-refractivity contribution in [2.45, 2.75) is 25.8 Å². The normalized spacial score (nSPS) is 17.6. The Morgan fingerprint density at radius 2 is 2.44 bits per heavy atom. The van der Waals surface area contributed by atoms with Gasteiger partial charge in [0.05, 0.1) is 6.54 Å². The number of carboxylic acids is 1. The van der Waals surface area contributed by atoms with Gasteiger partial charge in [0.2, 0.25) is 0 Å². The molecule has 0 aliphatic heterocycles. The number of rotatable bonds is 6. The zero-order chi connectivity index (χ0) is 11.5. The van der Waals surface area contributed by atoms with E-state index in [1.54, 1.807) is 11.3 Å². The molecule has 0 spiro atoms. The first kappa shape index (κ1) is 11.6. The number of aliphatic carboxylic acids is 1. The molecular weight excluding hydrogens is 222 g/mol. The fraction of sp³-hybridized carbons (Fsp3) is 0.583. The van der Waals surface area contributed by atoms with Gasteiger partial charge in [-0.3, -0.25) is 9.69 Å². The van der Waals surface area contributed by atoms with Crippen molar-refractivity contribution in [2.75, 3.05) is 13.1 Å². The average molecular weight is 239 g/mol. The monoisotopic (exact) mass is 239 g/mol. The summed E-state index contributed by atoms with van der Waals surface area (Å²) in [5, 5.41) is 11.0. The first-order valence-corrected chi connectivity index (χ1v) is 6.54. The summed E-state index contributed by atoms with van der Waals surface area (Å²) in [5.41, 5.74) is 0. The molecule has 3 nitrogen and oxygen atoms in total. The highest BCUT2D eigenvalue weighted by Gasteiger charge is 2.28. The van der Waals surface area contributed by atoms with Gasteiger partial charge < -0.3 is 5.11 Å². The van der Waals surface area contributed by atoms with Crippen LogP contribution in [0, 0.1) is 5.92 Å². The van der Waals surface area contributed by atoms with Crippen LogP contribution in [-0.2, 0) is 4.79 Å². The van der Waals surface area contributed by atoms with E-state index in [2.05, 4.69) is 17.9 Å². The summed E-state index contributed by atoms with van der Waals surface area (Å²) in [6, 6.07) is 4.32. The first-order chi connectivity index (χ1) is 7.66. The lowest BCUT2D eigenvalue weighted by Gasteiger charge is -2.26. The van der Waals surface area contributed by atoms with Crippen LogP contribution >= 0.6 is 11.3 Å². The topological polar surface area (TPSA) is 40.5 Å². The number of hydrogen-bond acceptors (Lipinski definition) is 3. The van der Waals surface area contributed by atoms with Crippen molar-refractivity contribution >= 4 is 17.3 Å². The third-order valence-corrected chi connectivity index (χ3v) is 4.07. The van der Waals surface area contributed by atoms with Crippen molar-refractivity contribution in [1.29, 1.82) is 0 Å². The second-order valence-corrected chi connectivity index (χ2v) is 5.44. The van der Waals surface area contributed by atoms with Gasteiger partial charge in [-0.2, -0.15) is 0 Å². The van der Waals surface area contributed by atoms with E-state index >= 15 is 0 Å². The Balaban J connectivity index is 2.01. The Bertz CT molecular complexity index is 346. The van der Waals surface area contributed by atoms with Crippen LogP contribution in [-0.4, -0.2) is 29.1 Å². The van der Waals surface area contributed by atoms with Gasteiger partial charge in [0.1, 0.15) is 0 Å². The lowest BCUT2D eigenvalue weighted by Crippen LogP contribution is -2.33. The summed E-state index contributed by atoms with van der Waals surface area (Å²) in [5.74, 6) is -0.00850. The van der Waals surface area contributed by atoms with Crippen LogP contribution in [0.25, 0.3) is 0 Å². The van der Waals surface area contributed by atoms with E-state index in [9.17, 15) is 4.79 Å². The van der Waals surface area contributed by atoms with Crippen molar-refractivity contribution < 1.29 is 9.90 Å². The Labute approximate surface area is 99.7 Å². The Morgan fingerprint density at radius 1 is 1.69 bits per heavy atom. The maximum absolute atomic E-state index is 10.8. The lowest BCUT2D eigenvalue weighted by atomic mass is 10.2. The standard InChI is InChI=1S/C12H17NO2S/c1-9(11-3-2-6-16-11)13(8-12(14)15)7-10-4-5-10/h2-3,6,9-10H,4-5,7-8H2,1H3,(H,14,15). The van der Waals surface area contributed by atoms with Gasteiger partial charge in [0.15, 0.2) is 0 Å². The summed E-state index contributed by atoms with van der Waals surface area (Å²) >= 11 is 1.70. The molecule has 1 unspecified atom stereocenters. The molecule has 1 aliphatic rings. The molecule has 2 rings (SSSR count). The number of carboxylic acid groups (broad SMARTS) is 1. The second-order valence-electron chi connectivity index (χ2n) is 4.46. The van der Waals surface area contributed by atoms with Crippen LogP contribution in [0.1, 0.15) is 30.7 Å². The zero-order valence-corrected chi connectivity index (χ0v) is 10.2. The summed E-state index contributed by atoms with van der Waals surface area (Å²) in [6.07, 6.45) is 2.51. The molecule has 0 radical (unpaired) electrons. The van der Waals surface area contributed by atoms with Gasteiger partial charge in [-0.05, 0) is 37.1 Å². The zero-order valence-electron chi connectivity index (χ0n) is 9.43. The molecule has 0 saturated heterocycles. The van der Waals surface area contributed by atoms with Crippen LogP contribution in [0.2, 0.25) is 0 Å². The van der Waals surface area contributed by atoms with Crippen LogP contribution in [0.4, 0.5) is 0 Å². The highest BCUT2D eigenvalue weighted by atomic mass is 32.1. The highest BCUT2D eigenvalue weighted by Crippen LogP contribution is 2.33. The molecule has 1 N–H and O–H groups in total. The summed E-state index contributed by atoms with van der Waals surface area (Å²) < 4.78 is 0. The smallest absolute Gasteiger partial charge is 0.317 e. The van der Waals surface area contributed by atoms with Crippen LogP contribution < -0.4 is 0 Å². The van der Waals surface area contributed by atoms with E-state index in [1.165, 1.54) is 17.7 Å². The molecule has 1 aromatic rings. The fourth-order valence-corrected chi connectivity index (χ4v) is 2.69. The largest absolute Gasteiger partial charge is 0.480 e. The second kappa shape index (κ2) is 4.97. The Hall–Kier alpha value is -0.870. The minimum Gasteiger partial charge on any atom is -0.480 e. The molecule has 1 fully saturated rings. The highest BCUT2D eigenvalue weighted by molar-refractivity contribution is 7.10. The molecule has 0 aromatic carbocycles. The number of nitrogens with zero attached hydrogens (tertiary/aromatic N) is 1. The minimum atomic E-state index is -0.732. The number of thiophene rings is 1. The van der Waals surface area contributed by atoms with Crippen molar-refractivity contribution in [1.82, 2.24) is 4.90 Å². The molecule has 1 aliphatic carbocycles. The van der Waals surface area contributed by atoms with Gasteiger partial charge in [0, 0.05) is 17.5 Å². The first-order valence-electron chi connectivity index (χ1n) is 5.66. The third kappa shape index (κ3) is 3.06. The molecule has 0 amide bonds. The van der Waals surface area contributed by atoms with E-state index in [0.29, 0.717) is 0 Å². The summed E-state index contributed by atoms with van der Waals surface area (Å²) in [6.45, 7) is 3.16. The van der Waals surface area contributed by atoms with Gasteiger partial charge in [-0.15, -0.1) is 11.3 Å². The molecule has 4 heteroatoms. The molecule has 16 heavy (non-hydrogen) atoms. The van der Waals surface area contributed by atoms with Gasteiger partial charge >= 0.3 is 5.97 Å². The number of hydrogen-bond donors (Lipinski definition) is 1. The SMILES string of the molecule is CC(c1cccs1)N(CC(=O)O)CC1CC1. The van der Waals surface area contributed by atoms with E-state index in [4.69, 9.17) is 5.11 Å². The Kier molecular flexibility index (Phi) is 3.61. The van der Waals surface area contributed by atoms with Crippen molar-refractivity contribution in [2.24, 2.45) is 5.92 Å². The average Bonchev–Trinajstić information content (AvgIpc) is 2.88. The maximum Gasteiger partial charge on any atom is 0.317 e. The predicted octanol–water partition coefficient (Wildman–Crippen LogP) is 2.61. The van der Waals surface area contributed by atoms with Crippen molar-refractivity contribution in [3.63, 3.8) is 0 Å². The number of carbonyl (C=O) groups is 1. The molecule has 0 bridgehead atoms. The van der Waals surface area contributed by atoms with Crippen LogP contribution in [0.3, 0.4) is 0 Å². The van der Waals surface area contributed by atoms with E-state index in [-0.39, 0.29) is 12.6 Å². The third-order valence-electron chi connectivity index (χ3n) is 3.03. The van der Waals surface area contributed by atoms with Crippen LogP contribution in [0.15, 0.2) is 17.5 Å². The molecule has 1 saturated carbocycles. The van der Waals surface area contributed by atoms with Crippen LogP contribution in [0.5, 0.6) is 0 Å². The van der Waals surface area contributed by atoms with E-state index < -0.39 is 5.97 Å². The van der Waals surface area contributed by atoms with Gasteiger partial charge in [-0.1, -0.05) is 6.07 Å². The predicted molar refractivity (Wildman–Crippen MR) is 64.7 cm³/mol. The molecule has 1 atom stereocenters. The lowest BCUT2D eigenvalue weighted by molar-refractivity contribution is -0.138. The molecular formula is C12H17NO2S. The van der Waals surface area contributed by atoms with Crippen molar-refractivity contribution in [3.8, 4) is 0 Å². The molecule has 1 aromatic heterocycles.